The molecule has 0 fully saturated rings. The Hall–Kier alpha value is -2.73. The first kappa shape index (κ1) is 16.1. The standard InChI is InChI=1S/C17H15ClFN5/c1-11-22-16(21-10-12-3-2-6-20-9-12)8-17(23-11)24-13-4-5-15(19)14(18)7-13/h2-9H,10H2,1H3,(H2,21,22,23,24). The first-order valence-corrected chi connectivity index (χ1v) is 7.68. The molecule has 0 bridgehead atoms. The number of anilines is 3. The van der Waals surface area contributed by atoms with E-state index in [9.17, 15) is 4.39 Å². The molecule has 2 N–H and O–H groups in total. The highest BCUT2D eigenvalue weighted by Crippen LogP contribution is 2.23. The van der Waals surface area contributed by atoms with Crippen LogP contribution in [0, 0.1) is 12.7 Å². The topological polar surface area (TPSA) is 62.7 Å². The SMILES string of the molecule is Cc1nc(NCc2cccnc2)cc(Nc2ccc(F)c(Cl)c2)n1. The van der Waals surface area contributed by atoms with Gasteiger partial charge in [0.05, 0.1) is 5.02 Å². The second-order valence-electron chi connectivity index (χ2n) is 5.15. The van der Waals surface area contributed by atoms with Gasteiger partial charge < -0.3 is 10.6 Å². The van der Waals surface area contributed by atoms with Crippen molar-refractivity contribution in [3.8, 4) is 0 Å². The van der Waals surface area contributed by atoms with Gasteiger partial charge in [-0.05, 0) is 36.8 Å². The molecule has 2 heterocycles. The second kappa shape index (κ2) is 7.23. The van der Waals surface area contributed by atoms with Gasteiger partial charge >= 0.3 is 0 Å². The van der Waals surface area contributed by atoms with Crippen LogP contribution in [0.15, 0.2) is 48.8 Å². The molecule has 0 saturated carbocycles. The zero-order chi connectivity index (χ0) is 16.9. The number of nitrogens with zero attached hydrogens (tertiary/aromatic N) is 3. The number of nitrogens with one attached hydrogen (secondary N) is 2. The fourth-order valence-electron chi connectivity index (χ4n) is 2.14. The maximum Gasteiger partial charge on any atom is 0.141 e. The summed E-state index contributed by atoms with van der Waals surface area (Å²) in [5.74, 6) is 1.43. The van der Waals surface area contributed by atoms with E-state index in [-0.39, 0.29) is 5.02 Å². The van der Waals surface area contributed by atoms with Gasteiger partial charge in [-0.3, -0.25) is 4.98 Å². The normalized spacial score (nSPS) is 10.5. The van der Waals surface area contributed by atoms with Gasteiger partial charge in [0.2, 0.25) is 0 Å². The molecule has 5 nitrogen and oxygen atoms in total. The smallest absolute Gasteiger partial charge is 0.141 e. The molecule has 0 saturated heterocycles. The lowest BCUT2D eigenvalue weighted by molar-refractivity contribution is 0.628. The van der Waals surface area contributed by atoms with Crippen LogP contribution < -0.4 is 10.6 Å². The molecule has 3 rings (SSSR count). The van der Waals surface area contributed by atoms with Crippen molar-refractivity contribution in [3.05, 3.63) is 71.0 Å². The number of rotatable bonds is 5. The van der Waals surface area contributed by atoms with Crippen molar-refractivity contribution in [2.75, 3.05) is 10.6 Å². The number of aromatic nitrogens is 3. The van der Waals surface area contributed by atoms with E-state index in [0.29, 0.717) is 29.7 Å². The van der Waals surface area contributed by atoms with Crippen LogP contribution in [0.25, 0.3) is 0 Å². The Labute approximate surface area is 144 Å². The van der Waals surface area contributed by atoms with Crippen molar-refractivity contribution >= 4 is 28.9 Å². The van der Waals surface area contributed by atoms with Crippen molar-refractivity contribution in [1.29, 1.82) is 0 Å². The summed E-state index contributed by atoms with van der Waals surface area (Å²) in [6.07, 6.45) is 3.52. The molecule has 0 unspecified atom stereocenters. The van der Waals surface area contributed by atoms with E-state index in [4.69, 9.17) is 11.6 Å². The molecule has 122 valence electrons. The van der Waals surface area contributed by atoms with Crippen LogP contribution in [-0.4, -0.2) is 15.0 Å². The van der Waals surface area contributed by atoms with Gasteiger partial charge in [0.25, 0.3) is 0 Å². The average molecular weight is 344 g/mol. The Kier molecular flexibility index (Phi) is 4.86. The summed E-state index contributed by atoms with van der Waals surface area (Å²) in [6, 6.07) is 10.1. The number of hydrogen-bond donors (Lipinski definition) is 2. The van der Waals surface area contributed by atoms with Gasteiger partial charge in [-0.25, -0.2) is 14.4 Å². The lowest BCUT2D eigenvalue weighted by Crippen LogP contribution is -2.05. The van der Waals surface area contributed by atoms with E-state index >= 15 is 0 Å². The predicted octanol–water partition coefficient (Wildman–Crippen LogP) is 4.33. The Bertz CT molecular complexity index is 842. The van der Waals surface area contributed by atoms with Crippen LogP contribution in [0.3, 0.4) is 0 Å². The van der Waals surface area contributed by atoms with E-state index < -0.39 is 5.82 Å². The largest absolute Gasteiger partial charge is 0.366 e. The van der Waals surface area contributed by atoms with Gasteiger partial charge in [-0.1, -0.05) is 17.7 Å². The van der Waals surface area contributed by atoms with Crippen molar-refractivity contribution in [2.45, 2.75) is 13.5 Å². The highest BCUT2D eigenvalue weighted by atomic mass is 35.5. The molecule has 0 radical (unpaired) electrons. The number of hydrogen-bond acceptors (Lipinski definition) is 5. The number of halogens is 2. The third kappa shape index (κ3) is 4.17. The first-order valence-electron chi connectivity index (χ1n) is 7.31. The third-order valence-electron chi connectivity index (χ3n) is 3.23. The van der Waals surface area contributed by atoms with Crippen LogP contribution >= 0.6 is 11.6 Å². The summed E-state index contributed by atoms with van der Waals surface area (Å²) < 4.78 is 13.2. The molecule has 0 aliphatic heterocycles. The Morgan fingerprint density at radius 1 is 1.12 bits per heavy atom. The zero-order valence-electron chi connectivity index (χ0n) is 12.9. The predicted molar refractivity (Wildman–Crippen MR) is 93.0 cm³/mol. The highest BCUT2D eigenvalue weighted by molar-refractivity contribution is 6.31. The fraction of sp³-hybridized carbons (Fsp3) is 0.118. The number of benzene rings is 1. The van der Waals surface area contributed by atoms with Crippen LogP contribution in [0.4, 0.5) is 21.7 Å². The molecule has 0 amide bonds. The third-order valence-corrected chi connectivity index (χ3v) is 3.52. The zero-order valence-corrected chi connectivity index (χ0v) is 13.7. The maximum atomic E-state index is 13.2. The van der Waals surface area contributed by atoms with Gasteiger partial charge in [-0.15, -0.1) is 0 Å². The Morgan fingerprint density at radius 2 is 1.96 bits per heavy atom. The van der Waals surface area contributed by atoms with Gasteiger partial charge in [0.15, 0.2) is 0 Å². The molecular weight excluding hydrogens is 329 g/mol. The quantitative estimate of drug-likeness (QED) is 0.722. The fourth-order valence-corrected chi connectivity index (χ4v) is 2.32. The summed E-state index contributed by atoms with van der Waals surface area (Å²) >= 11 is 5.79. The van der Waals surface area contributed by atoms with Gasteiger partial charge in [0.1, 0.15) is 23.3 Å². The number of pyridine rings is 1. The highest BCUT2D eigenvalue weighted by Gasteiger charge is 2.05. The van der Waals surface area contributed by atoms with E-state index in [1.165, 1.54) is 12.1 Å². The molecule has 1 aromatic carbocycles. The summed E-state index contributed by atoms with van der Waals surface area (Å²) in [7, 11) is 0. The minimum Gasteiger partial charge on any atom is -0.366 e. The molecule has 0 aliphatic rings. The summed E-state index contributed by atoms with van der Waals surface area (Å²) in [6.45, 7) is 2.41. The van der Waals surface area contributed by atoms with E-state index in [0.717, 1.165) is 5.56 Å². The number of aryl methyl sites for hydroxylation is 1. The van der Waals surface area contributed by atoms with E-state index in [1.54, 1.807) is 31.5 Å². The molecule has 2 aromatic heterocycles. The minimum atomic E-state index is -0.458. The van der Waals surface area contributed by atoms with Crippen molar-refractivity contribution in [2.24, 2.45) is 0 Å². The minimum absolute atomic E-state index is 0.0562. The van der Waals surface area contributed by atoms with Gasteiger partial charge in [0, 0.05) is 30.7 Å². The molecule has 3 aromatic rings. The van der Waals surface area contributed by atoms with Crippen LogP contribution in [0.1, 0.15) is 11.4 Å². The molecule has 7 heteroatoms. The van der Waals surface area contributed by atoms with Crippen molar-refractivity contribution < 1.29 is 4.39 Å². The average Bonchev–Trinajstić information content (AvgIpc) is 2.57. The van der Waals surface area contributed by atoms with Crippen molar-refractivity contribution in [1.82, 2.24) is 15.0 Å². The molecule has 0 aliphatic carbocycles. The lowest BCUT2D eigenvalue weighted by atomic mass is 10.3. The molecule has 0 atom stereocenters. The summed E-state index contributed by atoms with van der Waals surface area (Å²) in [5.41, 5.74) is 1.70. The Balaban J connectivity index is 1.74. The Morgan fingerprint density at radius 3 is 2.71 bits per heavy atom. The van der Waals surface area contributed by atoms with Crippen LogP contribution in [0.5, 0.6) is 0 Å². The van der Waals surface area contributed by atoms with Crippen LogP contribution in [-0.2, 0) is 6.54 Å². The van der Waals surface area contributed by atoms with Crippen LogP contribution in [0.2, 0.25) is 5.02 Å². The summed E-state index contributed by atoms with van der Waals surface area (Å²) in [5, 5.41) is 6.38. The lowest BCUT2D eigenvalue weighted by Gasteiger charge is -2.10. The monoisotopic (exact) mass is 343 g/mol. The molecule has 24 heavy (non-hydrogen) atoms. The summed E-state index contributed by atoms with van der Waals surface area (Å²) in [4.78, 5) is 12.8. The van der Waals surface area contributed by atoms with Gasteiger partial charge in [-0.2, -0.15) is 0 Å². The van der Waals surface area contributed by atoms with E-state index in [1.807, 2.05) is 12.1 Å². The first-order chi connectivity index (χ1) is 11.6. The maximum absolute atomic E-state index is 13.2. The van der Waals surface area contributed by atoms with E-state index in [2.05, 4.69) is 25.6 Å². The van der Waals surface area contributed by atoms with Crippen molar-refractivity contribution in [3.63, 3.8) is 0 Å². The molecular formula is C17H15ClFN5. The molecule has 0 spiro atoms. The second-order valence-corrected chi connectivity index (χ2v) is 5.56.